The van der Waals surface area contributed by atoms with Gasteiger partial charge in [-0.25, -0.2) is 9.97 Å². The zero-order valence-electron chi connectivity index (χ0n) is 10.8. The van der Waals surface area contributed by atoms with Gasteiger partial charge >= 0.3 is 0 Å². The minimum absolute atomic E-state index is 0.661. The molecule has 0 fully saturated rings. The summed E-state index contributed by atoms with van der Waals surface area (Å²) in [4.78, 5) is 8.50. The standard InChI is InChI=1S/C14H14N4O/c1-8-5-14(16-7-11(8)15)18-10-3-4-12-13(6-10)19-9(2)17-12/h3-7H,15H2,1-2H3,(H,16,18). The van der Waals surface area contributed by atoms with E-state index in [-0.39, 0.29) is 0 Å². The van der Waals surface area contributed by atoms with Crippen LogP contribution in [0.25, 0.3) is 11.1 Å². The lowest BCUT2D eigenvalue weighted by atomic mass is 10.2. The van der Waals surface area contributed by atoms with Gasteiger partial charge in [0.05, 0.1) is 11.9 Å². The molecule has 0 radical (unpaired) electrons. The number of oxazole rings is 1. The molecule has 3 aromatic rings. The number of aromatic nitrogens is 2. The summed E-state index contributed by atoms with van der Waals surface area (Å²) in [7, 11) is 0. The smallest absolute Gasteiger partial charge is 0.192 e. The highest BCUT2D eigenvalue weighted by atomic mass is 16.3. The molecule has 0 spiro atoms. The quantitative estimate of drug-likeness (QED) is 0.734. The van der Waals surface area contributed by atoms with Gasteiger partial charge in [0.2, 0.25) is 0 Å². The summed E-state index contributed by atoms with van der Waals surface area (Å²) in [5.74, 6) is 1.41. The first-order valence-electron chi connectivity index (χ1n) is 5.98. The number of aryl methyl sites for hydroxylation is 2. The van der Waals surface area contributed by atoms with Gasteiger partial charge in [0, 0.05) is 18.7 Å². The van der Waals surface area contributed by atoms with Crippen LogP contribution in [0.1, 0.15) is 11.5 Å². The van der Waals surface area contributed by atoms with Crippen molar-refractivity contribution in [3.05, 3.63) is 41.9 Å². The van der Waals surface area contributed by atoms with Crippen LogP contribution in [0, 0.1) is 13.8 Å². The lowest BCUT2D eigenvalue weighted by Crippen LogP contribution is -1.97. The van der Waals surface area contributed by atoms with E-state index in [2.05, 4.69) is 15.3 Å². The Labute approximate surface area is 110 Å². The lowest BCUT2D eigenvalue weighted by Gasteiger charge is -2.07. The maximum absolute atomic E-state index is 5.75. The second-order valence-corrected chi connectivity index (χ2v) is 4.47. The third-order valence-corrected chi connectivity index (χ3v) is 2.92. The van der Waals surface area contributed by atoms with Crippen molar-refractivity contribution < 1.29 is 4.42 Å². The number of hydrogen-bond donors (Lipinski definition) is 2. The summed E-state index contributed by atoms with van der Waals surface area (Å²) < 4.78 is 5.50. The second-order valence-electron chi connectivity index (χ2n) is 4.47. The molecule has 5 nitrogen and oxygen atoms in total. The van der Waals surface area contributed by atoms with Crippen LogP contribution in [-0.4, -0.2) is 9.97 Å². The van der Waals surface area contributed by atoms with Crippen LogP contribution in [0.5, 0.6) is 0 Å². The number of hydrogen-bond acceptors (Lipinski definition) is 5. The molecular weight excluding hydrogens is 240 g/mol. The lowest BCUT2D eigenvalue weighted by molar-refractivity contribution is 0.561. The van der Waals surface area contributed by atoms with E-state index in [4.69, 9.17) is 10.2 Å². The summed E-state index contributed by atoms with van der Waals surface area (Å²) in [5.41, 5.74) is 9.94. The van der Waals surface area contributed by atoms with E-state index in [1.807, 2.05) is 38.1 Å². The monoisotopic (exact) mass is 254 g/mol. The van der Waals surface area contributed by atoms with Gasteiger partial charge < -0.3 is 15.5 Å². The molecule has 0 aliphatic rings. The van der Waals surface area contributed by atoms with Crippen LogP contribution in [0.2, 0.25) is 0 Å². The first kappa shape index (κ1) is 11.5. The van der Waals surface area contributed by atoms with Crippen molar-refractivity contribution >= 4 is 28.3 Å². The Balaban J connectivity index is 1.93. The molecule has 1 aromatic carbocycles. The molecule has 3 rings (SSSR count). The Morgan fingerprint density at radius 3 is 2.84 bits per heavy atom. The summed E-state index contributed by atoms with van der Waals surface area (Å²) in [6.45, 7) is 3.78. The van der Waals surface area contributed by atoms with Crippen molar-refractivity contribution in [3.63, 3.8) is 0 Å². The minimum Gasteiger partial charge on any atom is -0.441 e. The normalized spacial score (nSPS) is 10.8. The highest BCUT2D eigenvalue weighted by Gasteiger charge is 2.04. The first-order valence-corrected chi connectivity index (χ1v) is 5.98. The third kappa shape index (κ3) is 2.22. The molecule has 0 aliphatic heterocycles. The van der Waals surface area contributed by atoms with Gasteiger partial charge in [-0.3, -0.25) is 0 Å². The van der Waals surface area contributed by atoms with Crippen LogP contribution >= 0.6 is 0 Å². The number of nitrogens with one attached hydrogen (secondary N) is 1. The number of nitrogen functional groups attached to an aromatic ring is 1. The number of rotatable bonds is 2. The van der Waals surface area contributed by atoms with Gasteiger partial charge in [0.1, 0.15) is 11.3 Å². The van der Waals surface area contributed by atoms with Crippen LogP contribution in [0.4, 0.5) is 17.2 Å². The molecule has 96 valence electrons. The average molecular weight is 254 g/mol. The number of anilines is 3. The summed E-state index contributed by atoms with van der Waals surface area (Å²) in [6, 6.07) is 7.67. The maximum atomic E-state index is 5.75. The summed E-state index contributed by atoms with van der Waals surface area (Å²) >= 11 is 0. The van der Waals surface area contributed by atoms with E-state index in [1.165, 1.54) is 0 Å². The van der Waals surface area contributed by atoms with Crippen LogP contribution in [0.3, 0.4) is 0 Å². The molecule has 0 atom stereocenters. The molecule has 0 saturated carbocycles. The molecule has 2 aromatic heterocycles. The molecule has 0 unspecified atom stereocenters. The first-order chi connectivity index (χ1) is 9.11. The van der Waals surface area contributed by atoms with Crippen LogP contribution in [0.15, 0.2) is 34.9 Å². The van der Waals surface area contributed by atoms with Crippen LogP contribution in [-0.2, 0) is 0 Å². The Hall–Kier alpha value is -2.56. The van der Waals surface area contributed by atoms with E-state index < -0.39 is 0 Å². The van der Waals surface area contributed by atoms with E-state index >= 15 is 0 Å². The Morgan fingerprint density at radius 2 is 2.05 bits per heavy atom. The molecule has 2 heterocycles. The van der Waals surface area contributed by atoms with E-state index in [1.54, 1.807) is 6.20 Å². The van der Waals surface area contributed by atoms with Crippen molar-refractivity contribution in [2.24, 2.45) is 0 Å². The van der Waals surface area contributed by atoms with Crippen molar-refractivity contribution in [3.8, 4) is 0 Å². The molecule has 0 amide bonds. The fourth-order valence-electron chi connectivity index (χ4n) is 1.90. The minimum atomic E-state index is 0.661. The summed E-state index contributed by atoms with van der Waals surface area (Å²) in [6.07, 6.45) is 1.65. The Bertz CT molecular complexity index is 748. The van der Waals surface area contributed by atoms with Gasteiger partial charge in [-0.15, -0.1) is 0 Å². The highest BCUT2D eigenvalue weighted by molar-refractivity contribution is 5.78. The van der Waals surface area contributed by atoms with Gasteiger partial charge in [0.25, 0.3) is 0 Å². The SMILES string of the molecule is Cc1nc2ccc(Nc3cc(C)c(N)cn3)cc2o1. The number of nitrogens with zero attached hydrogens (tertiary/aromatic N) is 2. The summed E-state index contributed by atoms with van der Waals surface area (Å²) in [5, 5.41) is 3.22. The molecule has 0 aliphatic carbocycles. The number of pyridine rings is 1. The second kappa shape index (κ2) is 4.28. The topological polar surface area (TPSA) is 77.0 Å². The molecule has 0 saturated heterocycles. The molecule has 19 heavy (non-hydrogen) atoms. The number of fused-ring (bicyclic) bond motifs is 1. The largest absolute Gasteiger partial charge is 0.441 e. The molecule has 0 bridgehead atoms. The van der Waals surface area contributed by atoms with Crippen molar-refractivity contribution in [2.75, 3.05) is 11.1 Å². The predicted molar refractivity (Wildman–Crippen MR) is 75.4 cm³/mol. The van der Waals surface area contributed by atoms with Gasteiger partial charge in [0.15, 0.2) is 11.5 Å². The average Bonchev–Trinajstić information content (AvgIpc) is 2.73. The van der Waals surface area contributed by atoms with Crippen molar-refractivity contribution in [1.82, 2.24) is 9.97 Å². The van der Waals surface area contributed by atoms with Crippen molar-refractivity contribution in [1.29, 1.82) is 0 Å². The van der Waals surface area contributed by atoms with Crippen LogP contribution < -0.4 is 11.1 Å². The van der Waals surface area contributed by atoms with E-state index in [9.17, 15) is 0 Å². The Kier molecular flexibility index (Phi) is 2.59. The van der Waals surface area contributed by atoms with E-state index in [0.29, 0.717) is 11.6 Å². The number of nitrogens with two attached hydrogens (primary N) is 1. The zero-order chi connectivity index (χ0) is 13.4. The fraction of sp³-hybridized carbons (Fsp3) is 0.143. The Morgan fingerprint density at radius 1 is 1.21 bits per heavy atom. The highest BCUT2D eigenvalue weighted by Crippen LogP contribution is 2.23. The fourth-order valence-corrected chi connectivity index (χ4v) is 1.90. The van der Waals surface area contributed by atoms with Gasteiger partial charge in [-0.2, -0.15) is 0 Å². The molecular formula is C14H14N4O. The zero-order valence-corrected chi connectivity index (χ0v) is 10.8. The molecule has 5 heteroatoms. The van der Waals surface area contributed by atoms with E-state index in [0.717, 1.165) is 28.2 Å². The number of benzene rings is 1. The third-order valence-electron chi connectivity index (χ3n) is 2.92. The maximum Gasteiger partial charge on any atom is 0.192 e. The van der Waals surface area contributed by atoms with Gasteiger partial charge in [-0.05, 0) is 30.7 Å². The van der Waals surface area contributed by atoms with Crippen molar-refractivity contribution in [2.45, 2.75) is 13.8 Å². The van der Waals surface area contributed by atoms with Gasteiger partial charge in [-0.1, -0.05) is 0 Å². The molecule has 3 N–H and O–H groups in total. The predicted octanol–water partition coefficient (Wildman–Crippen LogP) is 3.17.